The van der Waals surface area contributed by atoms with E-state index in [1.165, 1.54) is 0 Å². The van der Waals surface area contributed by atoms with Crippen LogP contribution in [0.3, 0.4) is 0 Å². The first kappa shape index (κ1) is 23.9. The maximum atomic E-state index is 13.1. The fourth-order valence-corrected chi connectivity index (χ4v) is 5.32. The Kier molecular flexibility index (Phi) is 6.52. The molecule has 4 aromatic rings. The maximum Gasteiger partial charge on any atom is 0.253 e. The Labute approximate surface area is 220 Å². The van der Waals surface area contributed by atoms with Crippen LogP contribution in [-0.2, 0) is 4.74 Å². The number of aromatic nitrogens is 4. The minimum atomic E-state index is 0.0279. The van der Waals surface area contributed by atoms with Crippen molar-refractivity contribution in [2.24, 2.45) is 0 Å². The summed E-state index contributed by atoms with van der Waals surface area (Å²) in [5.41, 5.74) is 3.35. The van der Waals surface area contributed by atoms with Crippen molar-refractivity contribution in [3.8, 4) is 5.69 Å². The Morgan fingerprint density at radius 1 is 0.946 bits per heavy atom. The van der Waals surface area contributed by atoms with Crippen molar-refractivity contribution in [1.29, 1.82) is 0 Å². The number of benzene rings is 2. The molecular weight excluding hydrogens is 488 g/mol. The summed E-state index contributed by atoms with van der Waals surface area (Å²) < 4.78 is 7.53. The monoisotopic (exact) mass is 516 g/mol. The Morgan fingerprint density at radius 2 is 1.65 bits per heavy atom. The SMILES string of the molecule is Cc1nn(-c2ccccc2)c2nc(C3CCOCC3)nc(N3CCN(C(=O)c4ccc(Cl)cc4)CC3)c12. The van der Waals surface area contributed by atoms with Crippen LogP contribution in [0.25, 0.3) is 16.7 Å². The summed E-state index contributed by atoms with van der Waals surface area (Å²) in [5.74, 6) is 2.04. The number of piperazine rings is 1. The lowest BCUT2D eigenvalue weighted by Crippen LogP contribution is -2.49. The third kappa shape index (κ3) is 4.67. The zero-order valence-corrected chi connectivity index (χ0v) is 21.6. The van der Waals surface area contributed by atoms with E-state index in [2.05, 4.69) is 4.90 Å². The lowest BCUT2D eigenvalue weighted by atomic mass is 9.99. The van der Waals surface area contributed by atoms with E-state index in [1.54, 1.807) is 24.3 Å². The van der Waals surface area contributed by atoms with Gasteiger partial charge in [-0.3, -0.25) is 4.79 Å². The highest BCUT2D eigenvalue weighted by atomic mass is 35.5. The van der Waals surface area contributed by atoms with Crippen LogP contribution in [-0.4, -0.2) is 69.9 Å². The van der Waals surface area contributed by atoms with Gasteiger partial charge in [0.05, 0.1) is 16.8 Å². The molecule has 4 heterocycles. The molecule has 8 nitrogen and oxygen atoms in total. The molecule has 0 unspecified atom stereocenters. The summed E-state index contributed by atoms with van der Waals surface area (Å²) in [5, 5.41) is 6.47. The first-order chi connectivity index (χ1) is 18.1. The Balaban J connectivity index is 1.34. The number of para-hydroxylation sites is 1. The van der Waals surface area contributed by atoms with Crippen LogP contribution < -0.4 is 4.90 Å². The highest BCUT2D eigenvalue weighted by Gasteiger charge is 2.29. The number of ether oxygens (including phenoxy) is 1. The molecule has 190 valence electrons. The number of rotatable bonds is 4. The number of halogens is 1. The fourth-order valence-electron chi connectivity index (χ4n) is 5.19. The number of amides is 1. The summed E-state index contributed by atoms with van der Waals surface area (Å²) in [6.45, 7) is 6.08. The van der Waals surface area contributed by atoms with Crippen molar-refractivity contribution in [2.45, 2.75) is 25.7 Å². The third-order valence-electron chi connectivity index (χ3n) is 7.25. The predicted molar refractivity (Wildman–Crippen MR) is 144 cm³/mol. The van der Waals surface area contributed by atoms with E-state index in [1.807, 2.05) is 46.8 Å². The summed E-state index contributed by atoms with van der Waals surface area (Å²) >= 11 is 6.00. The predicted octanol–water partition coefficient (Wildman–Crippen LogP) is 4.63. The minimum Gasteiger partial charge on any atom is -0.381 e. The van der Waals surface area contributed by atoms with Crippen molar-refractivity contribution in [3.63, 3.8) is 0 Å². The van der Waals surface area contributed by atoms with Crippen molar-refractivity contribution in [3.05, 3.63) is 76.7 Å². The highest BCUT2D eigenvalue weighted by Crippen LogP contribution is 2.33. The molecule has 2 aliphatic rings. The van der Waals surface area contributed by atoms with Crippen molar-refractivity contribution < 1.29 is 9.53 Å². The number of hydrogen-bond donors (Lipinski definition) is 0. The molecule has 2 aliphatic heterocycles. The van der Waals surface area contributed by atoms with Gasteiger partial charge >= 0.3 is 0 Å². The average Bonchev–Trinajstić information content (AvgIpc) is 3.30. The summed E-state index contributed by atoms with van der Waals surface area (Å²) in [6, 6.07) is 17.2. The molecule has 0 saturated carbocycles. The van der Waals surface area contributed by atoms with Gasteiger partial charge in [0.25, 0.3) is 5.91 Å². The van der Waals surface area contributed by atoms with E-state index in [0.717, 1.165) is 60.1 Å². The second-order valence-electron chi connectivity index (χ2n) is 9.61. The van der Waals surface area contributed by atoms with Gasteiger partial charge in [-0.25, -0.2) is 14.6 Å². The van der Waals surface area contributed by atoms with Gasteiger partial charge in [-0.15, -0.1) is 0 Å². The quantitative estimate of drug-likeness (QED) is 0.393. The van der Waals surface area contributed by atoms with Gasteiger partial charge in [-0.1, -0.05) is 29.8 Å². The van der Waals surface area contributed by atoms with Gasteiger partial charge in [-0.2, -0.15) is 5.10 Å². The number of hydrogen-bond acceptors (Lipinski definition) is 6. The number of anilines is 1. The van der Waals surface area contributed by atoms with Gasteiger partial charge in [0.2, 0.25) is 0 Å². The third-order valence-corrected chi connectivity index (χ3v) is 7.50. The fraction of sp³-hybridized carbons (Fsp3) is 0.357. The second-order valence-corrected chi connectivity index (χ2v) is 10.0. The van der Waals surface area contributed by atoms with Crippen molar-refractivity contribution in [1.82, 2.24) is 24.6 Å². The Bertz CT molecular complexity index is 1410. The molecule has 0 N–H and O–H groups in total. The molecule has 0 radical (unpaired) electrons. The molecule has 2 aromatic carbocycles. The number of carbonyl (C=O) groups excluding carboxylic acids is 1. The van der Waals surface area contributed by atoms with E-state index < -0.39 is 0 Å². The van der Waals surface area contributed by atoms with Crippen molar-refractivity contribution >= 4 is 34.4 Å². The number of fused-ring (bicyclic) bond motifs is 1. The summed E-state index contributed by atoms with van der Waals surface area (Å²) in [6.07, 6.45) is 1.82. The lowest BCUT2D eigenvalue weighted by Gasteiger charge is -2.36. The standard InChI is InChI=1S/C28H29ClN6O2/c1-19-24-26(33-13-15-34(16-14-33)28(36)21-7-9-22(29)10-8-21)30-25(20-11-17-37-18-12-20)31-27(24)35(32-19)23-5-3-2-4-6-23/h2-10,20H,11-18H2,1H3. The van der Waals surface area contributed by atoms with E-state index in [4.69, 9.17) is 31.4 Å². The van der Waals surface area contributed by atoms with Gasteiger partial charge in [0.15, 0.2) is 5.65 Å². The molecule has 0 bridgehead atoms. The Hall–Kier alpha value is -3.49. The maximum absolute atomic E-state index is 13.1. The van der Waals surface area contributed by atoms with Crippen LogP contribution in [0.2, 0.25) is 5.02 Å². The van der Waals surface area contributed by atoms with Crippen LogP contribution in [0.15, 0.2) is 54.6 Å². The number of aryl methyl sites for hydroxylation is 1. The first-order valence-electron chi connectivity index (χ1n) is 12.8. The van der Waals surface area contributed by atoms with Crippen LogP contribution >= 0.6 is 11.6 Å². The molecule has 37 heavy (non-hydrogen) atoms. The molecule has 1 amide bonds. The molecular formula is C28H29ClN6O2. The molecule has 0 aliphatic carbocycles. The van der Waals surface area contributed by atoms with E-state index in [-0.39, 0.29) is 11.8 Å². The van der Waals surface area contributed by atoms with Crippen molar-refractivity contribution in [2.75, 3.05) is 44.3 Å². The van der Waals surface area contributed by atoms with Crippen LogP contribution in [0.4, 0.5) is 5.82 Å². The zero-order valence-electron chi connectivity index (χ0n) is 20.8. The smallest absolute Gasteiger partial charge is 0.253 e. The van der Waals surface area contributed by atoms with Gasteiger partial charge in [-0.05, 0) is 56.2 Å². The summed E-state index contributed by atoms with van der Waals surface area (Å²) in [4.78, 5) is 27.5. The molecule has 0 spiro atoms. The molecule has 2 aromatic heterocycles. The molecule has 2 fully saturated rings. The van der Waals surface area contributed by atoms with Gasteiger partial charge in [0, 0.05) is 55.9 Å². The number of nitrogens with zero attached hydrogens (tertiary/aromatic N) is 6. The largest absolute Gasteiger partial charge is 0.381 e. The van der Waals surface area contributed by atoms with Gasteiger partial charge < -0.3 is 14.5 Å². The molecule has 9 heteroatoms. The average molecular weight is 517 g/mol. The Morgan fingerprint density at radius 3 is 2.35 bits per heavy atom. The van der Waals surface area contributed by atoms with E-state index >= 15 is 0 Å². The van der Waals surface area contributed by atoms with E-state index in [9.17, 15) is 4.79 Å². The molecule has 0 atom stereocenters. The summed E-state index contributed by atoms with van der Waals surface area (Å²) in [7, 11) is 0. The zero-order chi connectivity index (χ0) is 25.4. The first-order valence-corrected chi connectivity index (χ1v) is 13.2. The topological polar surface area (TPSA) is 76.4 Å². The van der Waals surface area contributed by atoms with Crippen LogP contribution in [0, 0.1) is 6.92 Å². The highest BCUT2D eigenvalue weighted by molar-refractivity contribution is 6.30. The van der Waals surface area contributed by atoms with Gasteiger partial charge in [0.1, 0.15) is 11.6 Å². The minimum absolute atomic E-state index is 0.0279. The normalized spacial score (nSPS) is 16.9. The van der Waals surface area contributed by atoms with E-state index in [0.29, 0.717) is 36.8 Å². The molecule has 2 saturated heterocycles. The second kappa shape index (κ2) is 10.1. The van der Waals surface area contributed by atoms with Crippen LogP contribution in [0.5, 0.6) is 0 Å². The molecule has 6 rings (SSSR count). The number of carbonyl (C=O) groups is 1. The van der Waals surface area contributed by atoms with Crippen LogP contribution in [0.1, 0.15) is 40.6 Å². The lowest BCUT2D eigenvalue weighted by molar-refractivity contribution is 0.0746.